The van der Waals surface area contributed by atoms with Crippen molar-refractivity contribution in [2.24, 2.45) is 0 Å². The van der Waals surface area contributed by atoms with Crippen LogP contribution in [0, 0.1) is 6.08 Å². The lowest BCUT2D eigenvalue weighted by molar-refractivity contribution is -0.146. The van der Waals surface area contributed by atoms with Crippen molar-refractivity contribution >= 4 is 11.5 Å². The maximum atomic E-state index is 12.7. The van der Waals surface area contributed by atoms with Gasteiger partial charge in [0.2, 0.25) is 0 Å². The fourth-order valence-corrected chi connectivity index (χ4v) is 1.90. The minimum Gasteiger partial charge on any atom is -0.351 e. The highest BCUT2D eigenvalue weighted by Gasteiger charge is 2.37. The molecule has 0 fully saturated rings. The van der Waals surface area contributed by atoms with Gasteiger partial charge in [0.15, 0.2) is 5.65 Å². The van der Waals surface area contributed by atoms with Crippen LogP contribution in [0.3, 0.4) is 0 Å². The lowest BCUT2D eigenvalue weighted by Gasteiger charge is -2.23. The fourth-order valence-electron chi connectivity index (χ4n) is 1.90. The maximum absolute atomic E-state index is 12.7. The molecule has 19 heavy (non-hydrogen) atoms. The SMILES string of the molecule is FC(F)(F)c1nnc2ccc(N3CC=[C]CC3)nn12. The van der Waals surface area contributed by atoms with Crippen LogP contribution in [0.4, 0.5) is 19.0 Å². The zero-order valence-electron chi connectivity index (χ0n) is 9.72. The van der Waals surface area contributed by atoms with Crippen molar-refractivity contribution in [1.82, 2.24) is 19.8 Å². The third-order valence-electron chi connectivity index (χ3n) is 2.81. The van der Waals surface area contributed by atoms with Gasteiger partial charge in [-0.3, -0.25) is 0 Å². The molecule has 3 rings (SSSR count). The Morgan fingerprint density at radius 1 is 1.21 bits per heavy atom. The monoisotopic (exact) mass is 268 g/mol. The van der Waals surface area contributed by atoms with Gasteiger partial charge < -0.3 is 4.90 Å². The predicted octanol–water partition coefficient (Wildman–Crippen LogP) is 1.71. The Morgan fingerprint density at radius 3 is 2.74 bits per heavy atom. The smallest absolute Gasteiger partial charge is 0.351 e. The number of rotatable bonds is 1. The zero-order valence-corrected chi connectivity index (χ0v) is 9.72. The molecule has 2 aromatic rings. The number of aromatic nitrogens is 4. The van der Waals surface area contributed by atoms with Crippen molar-refractivity contribution in [3.8, 4) is 0 Å². The fraction of sp³-hybridized carbons (Fsp3) is 0.364. The molecule has 0 spiro atoms. The van der Waals surface area contributed by atoms with Gasteiger partial charge in [-0.1, -0.05) is 6.08 Å². The number of halogens is 3. The van der Waals surface area contributed by atoms with E-state index in [0.717, 1.165) is 10.9 Å². The van der Waals surface area contributed by atoms with Gasteiger partial charge in [-0.2, -0.15) is 17.7 Å². The van der Waals surface area contributed by atoms with E-state index in [2.05, 4.69) is 21.4 Å². The molecule has 0 unspecified atom stereocenters. The third-order valence-corrected chi connectivity index (χ3v) is 2.81. The van der Waals surface area contributed by atoms with Crippen LogP contribution in [0.15, 0.2) is 18.2 Å². The predicted molar refractivity (Wildman–Crippen MR) is 60.4 cm³/mol. The van der Waals surface area contributed by atoms with Gasteiger partial charge in [-0.25, -0.2) is 0 Å². The molecular formula is C11H9F3N5. The minimum atomic E-state index is -4.57. The van der Waals surface area contributed by atoms with Crippen LogP contribution in [0.1, 0.15) is 12.2 Å². The lowest BCUT2D eigenvalue weighted by atomic mass is 10.2. The molecule has 0 amide bonds. The highest BCUT2D eigenvalue weighted by molar-refractivity contribution is 5.46. The van der Waals surface area contributed by atoms with E-state index >= 15 is 0 Å². The summed E-state index contributed by atoms with van der Waals surface area (Å²) in [5, 5.41) is 10.6. The highest BCUT2D eigenvalue weighted by Crippen LogP contribution is 2.28. The summed E-state index contributed by atoms with van der Waals surface area (Å²) in [7, 11) is 0. The van der Waals surface area contributed by atoms with Crippen LogP contribution in [0.2, 0.25) is 0 Å². The second kappa shape index (κ2) is 4.22. The molecule has 0 aliphatic carbocycles. The average molecular weight is 268 g/mol. The van der Waals surface area contributed by atoms with E-state index in [1.807, 2.05) is 11.0 Å². The molecule has 0 N–H and O–H groups in total. The largest absolute Gasteiger partial charge is 0.453 e. The first-order valence-corrected chi connectivity index (χ1v) is 5.65. The molecule has 5 nitrogen and oxygen atoms in total. The Morgan fingerprint density at radius 2 is 2.05 bits per heavy atom. The first-order chi connectivity index (χ1) is 9.05. The Kier molecular flexibility index (Phi) is 2.65. The molecule has 0 saturated heterocycles. The molecular weight excluding hydrogens is 259 g/mol. The second-order valence-electron chi connectivity index (χ2n) is 4.09. The molecule has 3 heterocycles. The Balaban J connectivity index is 2.06. The van der Waals surface area contributed by atoms with Gasteiger partial charge in [0.25, 0.3) is 5.82 Å². The highest BCUT2D eigenvalue weighted by atomic mass is 19.4. The van der Waals surface area contributed by atoms with Crippen molar-refractivity contribution in [2.45, 2.75) is 12.6 Å². The molecule has 0 atom stereocenters. The lowest BCUT2D eigenvalue weighted by Crippen LogP contribution is -2.28. The van der Waals surface area contributed by atoms with Gasteiger partial charge in [0.1, 0.15) is 5.82 Å². The molecule has 1 aliphatic heterocycles. The van der Waals surface area contributed by atoms with Crippen LogP contribution in [0.5, 0.6) is 0 Å². The van der Waals surface area contributed by atoms with Crippen molar-refractivity contribution in [2.75, 3.05) is 18.0 Å². The summed E-state index contributed by atoms with van der Waals surface area (Å²) in [5.74, 6) is -0.640. The molecule has 8 heteroatoms. The maximum Gasteiger partial charge on any atom is 0.453 e. The molecule has 0 bridgehead atoms. The molecule has 1 aliphatic rings. The van der Waals surface area contributed by atoms with Crippen LogP contribution in [0.25, 0.3) is 5.65 Å². The van der Waals surface area contributed by atoms with Crippen LogP contribution < -0.4 is 4.90 Å². The summed E-state index contributed by atoms with van der Waals surface area (Å²) >= 11 is 0. The van der Waals surface area contributed by atoms with Crippen LogP contribution in [-0.2, 0) is 6.18 Å². The number of hydrogen-bond donors (Lipinski definition) is 0. The molecule has 2 aromatic heterocycles. The molecule has 99 valence electrons. The van der Waals surface area contributed by atoms with E-state index in [0.29, 0.717) is 18.9 Å². The first kappa shape index (κ1) is 11.9. The average Bonchev–Trinajstić information content (AvgIpc) is 2.82. The number of fused-ring (bicyclic) bond motifs is 1. The van der Waals surface area contributed by atoms with Gasteiger partial charge in [0, 0.05) is 13.1 Å². The van der Waals surface area contributed by atoms with Crippen molar-refractivity contribution in [3.63, 3.8) is 0 Å². The first-order valence-electron chi connectivity index (χ1n) is 5.65. The summed E-state index contributed by atoms with van der Waals surface area (Å²) in [4.78, 5) is 1.87. The minimum absolute atomic E-state index is 0.0789. The number of alkyl halides is 3. The Hall–Kier alpha value is -2.12. The standard InChI is InChI=1S/C11H9F3N5/c12-11(13,14)10-16-15-8-4-5-9(17-19(8)10)18-6-2-1-3-7-18/h2,4-5H,3,6-7H2. The van der Waals surface area contributed by atoms with E-state index in [1.54, 1.807) is 6.07 Å². The van der Waals surface area contributed by atoms with Gasteiger partial charge in [-0.15, -0.1) is 15.3 Å². The van der Waals surface area contributed by atoms with E-state index in [1.165, 1.54) is 6.07 Å². The van der Waals surface area contributed by atoms with Crippen molar-refractivity contribution in [3.05, 3.63) is 30.1 Å². The third kappa shape index (κ3) is 2.13. The molecule has 0 saturated carbocycles. The zero-order chi connectivity index (χ0) is 13.5. The van der Waals surface area contributed by atoms with Gasteiger partial charge >= 0.3 is 6.18 Å². The summed E-state index contributed by atoms with van der Waals surface area (Å²) < 4.78 is 38.9. The summed E-state index contributed by atoms with van der Waals surface area (Å²) in [6, 6.07) is 3.12. The van der Waals surface area contributed by atoms with Gasteiger partial charge in [0.05, 0.1) is 0 Å². The van der Waals surface area contributed by atoms with E-state index < -0.39 is 12.0 Å². The summed E-state index contributed by atoms with van der Waals surface area (Å²) in [6.45, 7) is 1.26. The van der Waals surface area contributed by atoms with Crippen molar-refractivity contribution in [1.29, 1.82) is 0 Å². The number of anilines is 1. The molecule has 1 radical (unpaired) electrons. The van der Waals surface area contributed by atoms with E-state index in [4.69, 9.17) is 0 Å². The Labute approximate surface area is 106 Å². The quantitative estimate of drug-likeness (QED) is 0.790. The molecule has 0 aromatic carbocycles. The van der Waals surface area contributed by atoms with E-state index in [-0.39, 0.29) is 5.65 Å². The van der Waals surface area contributed by atoms with Crippen LogP contribution in [-0.4, -0.2) is 32.9 Å². The number of nitrogens with zero attached hydrogens (tertiary/aromatic N) is 5. The topological polar surface area (TPSA) is 46.3 Å². The summed E-state index contributed by atoms with van der Waals surface area (Å²) in [5.41, 5.74) is 0.0789. The second-order valence-corrected chi connectivity index (χ2v) is 4.09. The van der Waals surface area contributed by atoms with Crippen molar-refractivity contribution < 1.29 is 13.2 Å². The van der Waals surface area contributed by atoms with Gasteiger partial charge in [-0.05, 0) is 24.6 Å². The number of hydrogen-bond acceptors (Lipinski definition) is 4. The van der Waals surface area contributed by atoms with Crippen LogP contribution >= 0.6 is 0 Å². The summed E-state index contributed by atoms with van der Waals surface area (Å²) in [6.07, 6.45) is 1.05. The van der Waals surface area contributed by atoms with E-state index in [9.17, 15) is 13.2 Å². The Bertz CT molecular complexity index is 631. The normalized spacial score (nSPS) is 16.3.